The van der Waals surface area contributed by atoms with Gasteiger partial charge in [0.2, 0.25) is 18.3 Å². The number of hydrogen-bond donors (Lipinski definition) is 1. The highest BCUT2D eigenvalue weighted by molar-refractivity contribution is 5.89. The van der Waals surface area contributed by atoms with Crippen molar-refractivity contribution in [3.8, 4) is 17.0 Å². The van der Waals surface area contributed by atoms with Crippen LogP contribution >= 0.6 is 0 Å². The van der Waals surface area contributed by atoms with Crippen molar-refractivity contribution in [1.29, 1.82) is 0 Å². The molecule has 2 fully saturated rings. The van der Waals surface area contributed by atoms with Crippen molar-refractivity contribution in [2.75, 3.05) is 25.6 Å². The molecule has 1 aliphatic heterocycles. The summed E-state index contributed by atoms with van der Waals surface area (Å²) < 4.78 is 54.5. The summed E-state index contributed by atoms with van der Waals surface area (Å²) >= 11 is 0. The van der Waals surface area contributed by atoms with Crippen molar-refractivity contribution < 1.29 is 22.6 Å². The predicted molar refractivity (Wildman–Crippen MR) is 126 cm³/mol. The maximum atomic E-state index is 15.3. The van der Waals surface area contributed by atoms with E-state index in [0.717, 1.165) is 38.9 Å². The molecule has 190 valence electrons. The second-order valence-electron chi connectivity index (χ2n) is 9.70. The van der Waals surface area contributed by atoms with Gasteiger partial charge in [0.05, 0.1) is 37.6 Å². The van der Waals surface area contributed by atoms with Crippen molar-refractivity contribution in [3.63, 3.8) is 0 Å². The maximum Gasteiger partial charge on any atom is 0.244 e. The normalized spacial score (nSPS) is 17.8. The summed E-state index contributed by atoms with van der Waals surface area (Å²) in [5.74, 6) is 0.0993. The van der Waals surface area contributed by atoms with Gasteiger partial charge in [-0.25, -0.2) is 22.4 Å². The Kier molecular flexibility index (Phi) is 5.70. The van der Waals surface area contributed by atoms with Gasteiger partial charge in [-0.05, 0) is 43.4 Å². The standard InChI is InChI=1S/C24H26F3N7O2/c1-35-22-21-20(14-2-3-17-18(10-14)33(32-30-17)9-6-19(26)27)16(25)11-34(21)31-23(29-22)28-15-4-7-24(8-5-15)12-36-13-24/h2-3,10-11,15,19H,4-9,12-13H2,1H3,(H,28,31). The minimum atomic E-state index is -2.45. The second kappa shape index (κ2) is 8.91. The summed E-state index contributed by atoms with van der Waals surface area (Å²) in [4.78, 5) is 4.53. The molecular formula is C24H26F3N7O2. The van der Waals surface area contributed by atoms with E-state index in [1.54, 1.807) is 18.2 Å². The number of fused-ring (bicyclic) bond motifs is 2. The number of hydrogen-bond acceptors (Lipinski definition) is 7. The van der Waals surface area contributed by atoms with Gasteiger partial charge in [0.1, 0.15) is 11.0 Å². The zero-order valence-corrected chi connectivity index (χ0v) is 19.8. The first kappa shape index (κ1) is 23.0. The number of rotatable bonds is 7. The van der Waals surface area contributed by atoms with E-state index >= 15 is 4.39 Å². The predicted octanol–water partition coefficient (Wildman–Crippen LogP) is 4.32. The molecule has 0 radical (unpaired) electrons. The highest BCUT2D eigenvalue weighted by Crippen LogP contribution is 2.43. The van der Waals surface area contributed by atoms with E-state index in [2.05, 4.69) is 25.7 Å². The number of halogens is 3. The van der Waals surface area contributed by atoms with Gasteiger partial charge < -0.3 is 14.8 Å². The number of aryl methyl sites for hydroxylation is 1. The van der Waals surface area contributed by atoms with Gasteiger partial charge in [0.15, 0.2) is 5.82 Å². The summed E-state index contributed by atoms with van der Waals surface area (Å²) in [6.07, 6.45) is 2.66. The lowest BCUT2D eigenvalue weighted by Gasteiger charge is -2.46. The fourth-order valence-electron chi connectivity index (χ4n) is 5.24. The lowest BCUT2D eigenvalue weighted by Crippen LogP contribution is -2.47. The van der Waals surface area contributed by atoms with Crippen LogP contribution in [0.15, 0.2) is 24.4 Å². The van der Waals surface area contributed by atoms with E-state index in [4.69, 9.17) is 9.47 Å². The molecule has 3 aromatic heterocycles. The topological polar surface area (TPSA) is 91.4 Å². The Morgan fingerprint density at radius 3 is 2.75 bits per heavy atom. The lowest BCUT2D eigenvalue weighted by atomic mass is 9.71. The number of nitrogens with zero attached hydrogens (tertiary/aromatic N) is 6. The molecule has 1 saturated carbocycles. The first-order valence-corrected chi connectivity index (χ1v) is 12.0. The second-order valence-corrected chi connectivity index (χ2v) is 9.70. The van der Waals surface area contributed by atoms with Crippen LogP contribution in [0.3, 0.4) is 0 Å². The van der Waals surface area contributed by atoms with Gasteiger partial charge in [-0.3, -0.25) is 0 Å². The molecule has 1 saturated heterocycles. The third kappa shape index (κ3) is 4.02. The summed E-state index contributed by atoms with van der Waals surface area (Å²) in [6, 6.07) is 5.31. The Balaban J connectivity index is 1.32. The molecule has 0 amide bonds. The molecule has 9 nitrogen and oxygen atoms in total. The van der Waals surface area contributed by atoms with E-state index in [0.29, 0.717) is 33.5 Å². The maximum absolute atomic E-state index is 15.3. The molecule has 1 N–H and O–H groups in total. The van der Waals surface area contributed by atoms with E-state index in [-0.39, 0.29) is 30.5 Å². The van der Waals surface area contributed by atoms with Gasteiger partial charge in [-0.15, -0.1) is 10.2 Å². The number of anilines is 1. The Morgan fingerprint density at radius 2 is 2.06 bits per heavy atom. The van der Waals surface area contributed by atoms with Gasteiger partial charge in [-0.1, -0.05) is 11.3 Å². The molecule has 12 heteroatoms. The number of ether oxygens (including phenoxy) is 2. The van der Waals surface area contributed by atoms with Crippen LogP contribution in [-0.4, -0.2) is 62.4 Å². The molecule has 0 bridgehead atoms. The minimum absolute atomic E-state index is 0.00733. The van der Waals surface area contributed by atoms with E-state index in [9.17, 15) is 8.78 Å². The number of alkyl halides is 2. The molecule has 1 aromatic carbocycles. The zero-order chi connectivity index (χ0) is 24.9. The Hall–Kier alpha value is -3.41. The molecule has 1 aliphatic carbocycles. The molecule has 2 aliphatic rings. The number of nitrogens with one attached hydrogen (secondary N) is 1. The molecule has 4 aromatic rings. The molecular weight excluding hydrogens is 475 g/mol. The third-order valence-electron chi connectivity index (χ3n) is 7.30. The fourth-order valence-corrected chi connectivity index (χ4v) is 5.24. The minimum Gasteiger partial charge on any atom is -0.479 e. The van der Waals surface area contributed by atoms with Crippen molar-refractivity contribution in [1.82, 2.24) is 29.6 Å². The van der Waals surface area contributed by atoms with Crippen LogP contribution in [0.25, 0.3) is 27.7 Å². The summed E-state index contributed by atoms with van der Waals surface area (Å²) in [6.45, 7) is 1.69. The summed E-state index contributed by atoms with van der Waals surface area (Å²) in [5, 5.41) is 15.9. The highest BCUT2D eigenvalue weighted by Gasteiger charge is 2.41. The molecule has 4 heterocycles. The van der Waals surface area contributed by atoms with Crippen LogP contribution in [0.1, 0.15) is 32.1 Å². The number of aromatic nitrogens is 6. The van der Waals surface area contributed by atoms with Gasteiger partial charge in [0, 0.05) is 24.4 Å². The average Bonchev–Trinajstić information content (AvgIpc) is 3.41. The lowest BCUT2D eigenvalue weighted by molar-refractivity contribution is -0.131. The molecule has 0 atom stereocenters. The fraction of sp³-hybridized carbons (Fsp3) is 0.500. The van der Waals surface area contributed by atoms with Crippen LogP contribution in [0, 0.1) is 11.2 Å². The van der Waals surface area contributed by atoms with Crippen molar-refractivity contribution >= 4 is 22.5 Å². The number of methoxy groups -OCH3 is 1. The zero-order valence-electron chi connectivity index (χ0n) is 19.8. The van der Waals surface area contributed by atoms with Crippen LogP contribution in [0.2, 0.25) is 0 Å². The van der Waals surface area contributed by atoms with Gasteiger partial charge >= 0.3 is 0 Å². The van der Waals surface area contributed by atoms with Crippen LogP contribution in [-0.2, 0) is 11.3 Å². The monoisotopic (exact) mass is 501 g/mol. The van der Waals surface area contributed by atoms with E-state index < -0.39 is 12.2 Å². The Morgan fingerprint density at radius 1 is 1.25 bits per heavy atom. The van der Waals surface area contributed by atoms with Gasteiger partial charge in [-0.2, -0.15) is 4.98 Å². The van der Waals surface area contributed by atoms with Crippen LogP contribution in [0.5, 0.6) is 5.88 Å². The third-order valence-corrected chi connectivity index (χ3v) is 7.30. The summed E-state index contributed by atoms with van der Waals surface area (Å²) in [7, 11) is 1.48. The average molecular weight is 502 g/mol. The van der Waals surface area contributed by atoms with E-state index in [1.807, 2.05) is 0 Å². The van der Waals surface area contributed by atoms with Crippen LogP contribution in [0.4, 0.5) is 19.1 Å². The summed E-state index contributed by atoms with van der Waals surface area (Å²) in [5.41, 5.74) is 2.56. The number of benzene rings is 1. The van der Waals surface area contributed by atoms with E-state index in [1.165, 1.54) is 22.5 Å². The molecule has 6 rings (SSSR count). The Labute approximate surface area is 204 Å². The largest absolute Gasteiger partial charge is 0.479 e. The SMILES string of the molecule is COc1nc(NC2CCC3(CC2)COC3)nn2cc(F)c(-c3ccc4nnn(CCC(F)F)c4c3)c12. The quantitative estimate of drug-likeness (QED) is 0.403. The molecule has 36 heavy (non-hydrogen) atoms. The van der Waals surface area contributed by atoms with Crippen LogP contribution < -0.4 is 10.1 Å². The van der Waals surface area contributed by atoms with Crippen molar-refractivity contribution in [2.45, 2.75) is 51.1 Å². The van der Waals surface area contributed by atoms with Crippen molar-refractivity contribution in [2.24, 2.45) is 5.41 Å². The Bertz CT molecular complexity index is 1410. The molecule has 0 unspecified atom stereocenters. The highest BCUT2D eigenvalue weighted by atomic mass is 19.3. The van der Waals surface area contributed by atoms with Crippen molar-refractivity contribution in [3.05, 3.63) is 30.2 Å². The first-order valence-electron chi connectivity index (χ1n) is 12.0. The van der Waals surface area contributed by atoms with Gasteiger partial charge in [0.25, 0.3) is 0 Å². The molecule has 1 spiro atoms. The smallest absolute Gasteiger partial charge is 0.244 e. The first-order chi connectivity index (χ1) is 17.4.